The summed E-state index contributed by atoms with van der Waals surface area (Å²) in [6.45, 7) is 3.83. The maximum Gasteiger partial charge on any atom is 0.320 e. The number of carboxylic acids is 1. The third kappa shape index (κ3) is 3.10. The van der Waals surface area contributed by atoms with Crippen LogP contribution in [0.1, 0.15) is 37.3 Å². The maximum atomic E-state index is 11.1. The van der Waals surface area contributed by atoms with E-state index in [4.69, 9.17) is 5.11 Å². The predicted octanol–water partition coefficient (Wildman–Crippen LogP) is 2.69. The Hall–Kier alpha value is -1.35. The number of carboxylic acid groups (broad SMARTS) is 1. The van der Waals surface area contributed by atoms with Crippen LogP contribution in [0.15, 0.2) is 24.3 Å². The van der Waals surface area contributed by atoms with E-state index >= 15 is 0 Å². The fourth-order valence-corrected chi connectivity index (χ4v) is 2.70. The van der Waals surface area contributed by atoms with Gasteiger partial charge < -0.3 is 5.11 Å². The van der Waals surface area contributed by atoms with Crippen molar-refractivity contribution >= 4 is 5.97 Å². The number of hydrogen-bond donors (Lipinski definition) is 1. The van der Waals surface area contributed by atoms with Crippen LogP contribution < -0.4 is 0 Å². The Morgan fingerprint density at radius 1 is 1.44 bits per heavy atom. The summed E-state index contributed by atoms with van der Waals surface area (Å²) in [6.07, 6.45) is 4.01. The molecule has 1 aromatic rings. The molecule has 0 aromatic heterocycles. The number of aryl methyl sites for hydroxylation is 1. The first-order chi connectivity index (χ1) is 8.70. The van der Waals surface area contributed by atoms with Crippen LogP contribution in [0, 0.1) is 0 Å². The Labute approximate surface area is 108 Å². The normalized spacial score (nSPS) is 20.2. The fourth-order valence-electron chi connectivity index (χ4n) is 2.70. The third-order valence-electron chi connectivity index (χ3n) is 3.56. The first kappa shape index (κ1) is 13.1. The average molecular weight is 247 g/mol. The van der Waals surface area contributed by atoms with E-state index in [0.29, 0.717) is 0 Å². The minimum atomic E-state index is -0.683. The summed E-state index contributed by atoms with van der Waals surface area (Å²) in [4.78, 5) is 13.2. The largest absolute Gasteiger partial charge is 0.480 e. The van der Waals surface area contributed by atoms with E-state index in [1.54, 1.807) is 0 Å². The lowest BCUT2D eigenvalue weighted by atomic mass is 10.1. The minimum absolute atomic E-state index is 0.292. The highest BCUT2D eigenvalue weighted by Crippen LogP contribution is 2.20. The van der Waals surface area contributed by atoms with Crippen LogP contribution in [0.5, 0.6) is 0 Å². The van der Waals surface area contributed by atoms with Crippen LogP contribution in [-0.4, -0.2) is 28.6 Å². The summed E-state index contributed by atoms with van der Waals surface area (Å²) < 4.78 is 0. The molecule has 0 spiro atoms. The summed E-state index contributed by atoms with van der Waals surface area (Å²) in [6, 6.07) is 8.23. The van der Waals surface area contributed by atoms with Crippen molar-refractivity contribution in [2.75, 3.05) is 6.54 Å². The smallest absolute Gasteiger partial charge is 0.320 e. The van der Waals surface area contributed by atoms with Crippen LogP contribution >= 0.6 is 0 Å². The van der Waals surface area contributed by atoms with Gasteiger partial charge in [0.1, 0.15) is 6.04 Å². The Balaban J connectivity index is 2.04. The van der Waals surface area contributed by atoms with Gasteiger partial charge in [-0.05, 0) is 36.9 Å². The van der Waals surface area contributed by atoms with Gasteiger partial charge in [-0.1, -0.05) is 37.6 Å². The Morgan fingerprint density at radius 2 is 2.22 bits per heavy atom. The average Bonchev–Trinajstić information content (AvgIpc) is 2.78. The summed E-state index contributed by atoms with van der Waals surface area (Å²) in [5.41, 5.74) is 2.58. The van der Waals surface area contributed by atoms with Gasteiger partial charge in [0.25, 0.3) is 0 Å². The summed E-state index contributed by atoms with van der Waals surface area (Å²) in [5, 5.41) is 9.16. The Morgan fingerprint density at radius 3 is 2.94 bits per heavy atom. The molecule has 3 heteroatoms. The standard InChI is InChI=1S/C15H21NO2/c1-2-5-12-6-3-7-13(10-12)11-16-9-4-8-14(16)15(17)18/h3,6-7,10,14H,2,4-5,8-9,11H2,1H3,(H,17,18). The van der Waals surface area contributed by atoms with Gasteiger partial charge in [-0.15, -0.1) is 0 Å². The van der Waals surface area contributed by atoms with Crippen molar-refractivity contribution in [2.45, 2.75) is 45.2 Å². The molecular weight excluding hydrogens is 226 g/mol. The van der Waals surface area contributed by atoms with Gasteiger partial charge in [0, 0.05) is 6.54 Å². The monoisotopic (exact) mass is 247 g/mol. The molecule has 1 atom stereocenters. The van der Waals surface area contributed by atoms with Gasteiger partial charge in [-0.25, -0.2) is 0 Å². The van der Waals surface area contributed by atoms with Crippen molar-refractivity contribution in [3.8, 4) is 0 Å². The lowest BCUT2D eigenvalue weighted by Crippen LogP contribution is -2.35. The number of carbonyl (C=O) groups is 1. The van der Waals surface area contributed by atoms with E-state index < -0.39 is 5.97 Å². The van der Waals surface area contributed by atoms with E-state index in [1.165, 1.54) is 11.1 Å². The van der Waals surface area contributed by atoms with Crippen molar-refractivity contribution in [1.82, 2.24) is 4.90 Å². The summed E-state index contributed by atoms with van der Waals surface area (Å²) >= 11 is 0. The Kier molecular flexibility index (Phi) is 4.37. The summed E-state index contributed by atoms with van der Waals surface area (Å²) in [7, 11) is 0. The Bertz CT molecular complexity index is 417. The molecule has 0 radical (unpaired) electrons. The second-order valence-corrected chi connectivity index (χ2v) is 5.04. The van der Waals surface area contributed by atoms with Crippen LogP contribution in [0.3, 0.4) is 0 Å². The molecule has 2 rings (SSSR count). The molecule has 1 aliphatic rings. The van der Waals surface area contributed by atoms with Gasteiger partial charge in [-0.2, -0.15) is 0 Å². The SMILES string of the molecule is CCCc1cccc(CN2CCCC2C(=O)O)c1. The second-order valence-electron chi connectivity index (χ2n) is 5.04. The van der Waals surface area contributed by atoms with E-state index in [-0.39, 0.29) is 6.04 Å². The highest BCUT2D eigenvalue weighted by atomic mass is 16.4. The first-order valence-electron chi connectivity index (χ1n) is 6.75. The van der Waals surface area contributed by atoms with Gasteiger partial charge in [0.15, 0.2) is 0 Å². The quantitative estimate of drug-likeness (QED) is 0.869. The molecule has 1 unspecified atom stereocenters. The topological polar surface area (TPSA) is 40.5 Å². The number of rotatable bonds is 5. The van der Waals surface area contributed by atoms with E-state index in [2.05, 4.69) is 36.1 Å². The van der Waals surface area contributed by atoms with Crippen LogP contribution in [-0.2, 0) is 17.8 Å². The predicted molar refractivity (Wildman–Crippen MR) is 71.5 cm³/mol. The van der Waals surface area contributed by atoms with Gasteiger partial charge in [0.2, 0.25) is 0 Å². The number of hydrogen-bond acceptors (Lipinski definition) is 2. The number of likely N-dealkylation sites (tertiary alicyclic amines) is 1. The van der Waals surface area contributed by atoms with Gasteiger partial charge >= 0.3 is 5.97 Å². The van der Waals surface area contributed by atoms with Crippen molar-refractivity contribution in [2.24, 2.45) is 0 Å². The number of nitrogens with zero attached hydrogens (tertiary/aromatic N) is 1. The van der Waals surface area contributed by atoms with Gasteiger partial charge in [-0.3, -0.25) is 9.69 Å². The lowest BCUT2D eigenvalue weighted by molar-refractivity contribution is -0.142. The molecule has 18 heavy (non-hydrogen) atoms. The molecule has 1 aromatic carbocycles. The first-order valence-corrected chi connectivity index (χ1v) is 6.75. The zero-order valence-electron chi connectivity index (χ0n) is 10.9. The molecule has 0 aliphatic carbocycles. The van der Waals surface area contributed by atoms with E-state index in [1.807, 2.05) is 0 Å². The zero-order chi connectivity index (χ0) is 13.0. The molecule has 1 saturated heterocycles. The third-order valence-corrected chi connectivity index (χ3v) is 3.56. The van der Waals surface area contributed by atoms with Crippen molar-refractivity contribution in [1.29, 1.82) is 0 Å². The zero-order valence-corrected chi connectivity index (χ0v) is 10.9. The molecule has 1 N–H and O–H groups in total. The number of aliphatic carboxylic acids is 1. The molecule has 0 bridgehead atoms. The molecule has 0 saturated carbocycles. The highest BCUT2D eigenvalue weighted by Gasteiger charge is 2.30. The molecule has 98 valence electrons. The van der Waals surface area contributed by atoms with Gasteiger partial charge in [0.05, 0.1) is 0 Å². The van der Waals surface area contributed by atoms with Crippen molar-refractivity contribution in [3.63, 3.8) is 0 Å². The molecule has 1 heterocycles. The fraction of sp³-hybridized carbons (Fsp3) is 0.533. The molecular formula is C15H21NO2. The highest BCUT2D eigenvalue weighted by molar-refractivity contribution is 5.73. The second kappa shape index (κ2) is 6.01. The van der Waals surface area contributed by atoms with Crippen molar-refractivity contribution < 1.29 is 9.90 Å². The van der Waals surface area contributed by atoms with Crippen LogP contribution in [0.25, 0.3) is 0 Å². The van der Waals surface area contributed by atoms with Crippen molar-refractivity contribution in [3.05, 3.63) is 35.4 Å². The van der Waals surface area contributed by atoms with Crippen LogP contribution in [0.2, 0.25) is 0 Å². The molecule has 1 aliphatic heterocycles. The van der Waals surface area contributed by atoms with E-state index in [9.17, 15) is 4.79 Å². The minimum Gasteiger partial charge on any atom is -0.480 e. The molecule has 3 nitrogen and oxygen atoms in total. The van der Waals surface area contributed by atoms with E-state index in [0.717, 1.165) is 38.8 Å². The summed E-state index contributed by atoms with van der Waals surface area (Å²) in [5.74, 6) is -0.683. The number of benzene rings is 1. The maximum absolute atomic E-state index is 11.1. The van der Waals surface area contributed by atoms with Crippen LogP contribution in [0.4, 0.5) is 0 Å². The molecule has 1 fully saturated rings. The molecule has 0 amide bonds. The lowest BCUT2D eigenvalue weighted by Gasteiger charge is -2.21.